The van der Waals surface area contributed by atoms with Crippen molar-refractivity contribution < 1.29 is 5.11 Å². The fraction of sp³-hybridized carbons (Fsp3) is 0.467. The highest BCUT2D eigenvalue weighted by molar-refractivity contribution is 5.57. The van der Waals surface area contributed by atoms with E-state index in [2.05, 4.69) is 23.5 Å². The van der Waals surface area contributed by atoms with Crippen LogP contribution in [0.15, 0.2) is 24.3 Å². The van der Waals surface area contributed by atoms with E-state index in [0.717, 1.165) is 23.0 Å². The van der Waals surface area contributed by atoms with Gasteiger partial charge in [-0.15, -0.1) is 0 Å². The summed E-state index contributed by atoms with van der Waals surface area (Å²) in [6.45, 7) is 3.99. The molecular formula is C15H19NO. The molecule has 3 rings (SSSR count). The summed E-state index contributed by atoms with van der Waals surface area (Å²) in [4.78, 5) is 0. The van der Waals surface area contributed by atoms with Crippen LogP contribution in [-0.2, 0) is 0 Å². The highest BCUT2D eigenvalue weighted by Gasteiger charge is 2.40. The fourth-order valence-corrected chi connectivity index (χ4v) is 3.04. The highest BCUT2D eigenvalue weighted by Crippen LogP contribution is 2.44. The normalized spacial score (nSPS) is 29.9. The minimum atomic E-state index is 0.389. The lowest BCUT2D eigenvalue weighted by atomic mass is 9.71. The first-order valence-corrected chi connectivity index (χ1v) is 6.38. The van der Waals surface area contributed by atoms with Gasteiger partial charge in [-0.05, 0) is 55.9 Å². The molecule has 17 heavy (non-hydrogen) atoms. The van der Waals surface area contributed by atoms with Gasteiger partial charge >= 0.3 is 0 Å². The third-order valence-electron chi connectivity index (χ3n) is 4.25. The van der Waals surface area contributed by atoms with Gasteiger partial charge in [-0.2, -0.15) is 0 Å². The second-order valence-electron chi connectivity index (χ2n) is 5.44. The summed E-state index contributed by atoms with van der Waals surface area (Å²) in [5.41, 5.74) is 3.23. The lowest BCUT2D eigenvalue weighted by Gasteiger charge is -2.41. The Morgan fingerprint density at radius 3 is 2.82 bits per heavy atom. The van der Waals surface area contributed by atoms with Crippen molar-refractivity contribution in [3.63, 3.8) is 0 Å². The summed E-state index contributed by atoms with van der Waals surface area (Å²) in [6.07, 6.45) is 7.20. The van der Waals surface area contributed by atoms with Crippen molar-refractivity contribution in [2.75, 3.05) is 5.32 Å². The smallest absolute Gasteiger partial charge is 0.118 e. The number of nitrogens with one attached hydrogen (secondary N) is 1. The number of hydrogen-bond donors (Lipinski definition) is 2. The molecule has 2 N–H and O–H groups in total. The van der Waals surface area contributed by atoms with Gasteiger partial charge in [0.25, 0.3) is 0 Å². The zero-order chi connectivity index (χ0) is 12.0. The third-order valence-corrected chi connectivity index (χ3v) is 4.25. The summed E-state index contributed by atoms with van der Waals surface area (Å²) >= 11 is 0. The Bertz CT molecular complexity index is 478. The zero-order valence-electron chi connectivity index (χ0n) is 10.4. The van der Waals surface area contributed by atoms with Crippen LogP contribution in [-0.4, -0.2) is 11.1 Å². The van der Waals surface area contributed by atoms with E-state index in [1.807, 2.05) is 19.9 Å². The predicted molar refractivity (Wildman–Crippen MR) is 70.3 cm³/mol. The number of phenolic OH excluding ortho intramolecular Hbond substituents is 1. The molecule has 1 aromatic rings. The quantitative estimate of drug-likeness (QED) is 0.602. The van der Waals surface area contributed by atoms with E-state index in [4.69, 9.17) is 0 Å². The largest absolute Gasteiger partial charge is 0.508 e. The van der Waals surface area contributed by atoms with Crippen LogP contribution in [0.4, 0.5) is 5.69 Å². The first kappa shape index (κ1) is 10.7. The van der Waals surface area contributed by atoms with Gasteiger partial charge in [0, 0.05) is 17.6 Å². The number of benzene rings is 1. The van der Waals surface area contributed by atoms with Crippen LogP contribution in [0.25, 0.3) is 0 Å². The molecule has 3 unspecified atom stereocenters. The number of hydrogen-bond acceptors (Lipinski definition) is 2. The van der Waals surface area contributed by atoms with Crippen LogP contribution in [0.3, 0.4) is 0 Å². The second-order valence-corrected chi connectivity index (χ2v) is 5.44. The monoisotopic (exact) mass is 229 g/mol. The Morgan fingerprint density at radius 1 is 1.24 bits per heavy atom. The van der Waals surface area contributed by atoms with E-state index in [9.17, 15) is 5.11 Å². The molecule has 1 saturated carbocycles. The van der Waals surface area contributed by atoms with E-state index in [0.29, 0.717) is 11.8 Å². The average Bonchev–Trinajstić information content (AvgIpc) is 2.63. The van der Waals surface area contributed by atoms with Crippen molar-refractivity contribution in [2.24, 2.45) is 11.8 Å². The molecular weight excluding hydrogens is 210 g/mol. The topological polar surface area (TPSA) is 32.3 Å². The molecule has 0 aliphatic heterocycles. The SMILES string of the molecule is Cc1cc(NC2CC3CC=CC32)c(C)cc1O. The van der Waals surface area contributed by atoms with Gasteiger partial charge in [0.1, 0.15) is 5.75 Å². The van der Waals surface area contributed by atoms with Gasteiger partial charge in [0.2, 0.25) is 0 Å². The van der Waals surface area contributed by atoms with E-state index in [1.54, 1.807) is 0 Å². The molecule has 0 heterocycles. The summed E-state index contributed by atoms with van der Waals surface area (Å²) < 4.78 is 0. The van der Waals surface area contributed by atoms with Gasteiger partial charge in [0.05, 0.1) is 0 Å². The Balaban J connectivity index is 1.77. The van der Waals surface area contributed by atoms with Crippen LogP contribution in [0.5, 0.6) is 5.75 Å². The lowest BCUT2D eigenvalue weighted by molar-refractivity contribution is 0.218. The first-order chi connectivity index (χ1) is 8.15. The van der Waals surface area contributed by atoms with E-state index >= 15 is 0 Å². The standard InChI is InChI=1S/C15H19NO/c1-9-7-15(17)10(2)6-13(9)16-14-8-11-4-3-5-12(11)14/h3,5-7,11-12,14,16-17H,4,8H2,1-2H3. The van der Waals surface area contributed by atoms with Crippen LogP contribution >= 0.6 is 0 Å². The number of aryl methyl sites for hydroxylation is 2. The molecule has 3 atom stereocenters. The molecule has 90 valence electrons. The molecule has 2 aliphatic rings. The average molecular weight is 229 g/mol. The number of allylic oxidation sites excluding steroid dienone is 1. The van der Waals surface area contributed by atoms with Gasteiger partial charge in [-0.1, -0.05) is 12.2 Å². The third kappa shape index (κ3) is 1.72. The Kier molecular flexibility index (Phi) is 2.39. The fourth-order valence-electron chi connectivity index (χ4n) is 3.04. The highest BCUT2D eigenvalue weighted by atomic mass is 16.3. The van der Waals surface area contributed by atoms with Gasteiger partial charge in [-0.25, -0.2) is 0 Å². The summed E-state index contributed by atoms with van der Waals surface area (Å²) in [7, 11) is 0. The molecule has 0 saturated heterocycles. The molecule has 2 nitrogen and oxygen atoms in total. The maximum atomic E-state index is 9.64. The number of rotatable bonds is 2. The lowest BCUT2D eigenvalue weighted by Crippen LogP contribution is -2.43. The first-order valence-electron chi connectivity index (χ1n) is 6.38. The van der Waals surface area contributed by atoms with Crippen LogP contribution in [0.1, 0.15) is 24.0 Å². The molecule has 0 radical (unpaired) electrons. The Morgan fingerprint density at radius 2 is 2.06 bits per heavy atom. The van der Waals surface area contributed by atoms with Crippen LogP contribution < -0.4 is 5.32 Å². The molecule has 1 fully saturated rings. The summed E-state index contributed by atoms with van der Waals surface area (Å²) in [6, 6.07) is 4.48. The Hall–Kier alpha value is -1.44. The summed E-state index contributed by atoms with van der Waals surface area (Å²) in [5, 5.41) is 13.3. The van der Waals surface area contributed by atoms with E-state index in [1.165, 1.54) is 18.5 Å². The summed E-state index contributed by atoms with van der Waals surface area (Å²) in [5.74, 6) is 2.00. The number of anilines is 1. The minimum absolute atomic E-state index is 0.389. The number of aromatic hydroxyl groups is 1. The van der Waals surface area contributed by atoms with Gasteiger partial charge < -0.3 is 10.4 Å². The van der Waals surface area contributed by atoms with E-state index < -0.39 is 0 Å². The van der Waals surface area contributed by atoms with Crippen LogP contribution in [0.2, 0.25) is 0 Å². The van der Waals surface area contributed by atoms with Crippen molar-refractivity contribution in [3.05, 3.63) is 35.4 Å². The van der Waals surface area contributed by atoms with Gasteiger partial charge in [0.15, 0.2) is 0 Å². The van der Waals surface area contributed by atoms with Crippen LogP contribution in [0, 0.1) is 25.7 Å². The van der Waals surface area contributed by atoms with Crippen molar-refractivity contribution in [1.29, 1.82) is 0 Å². The molecule has 0 spiro atoms. The molecule has 2 aliphatic carbocycles. The number of phenols is 1. The molecule has 0 aromatic heterocycles. The Labute approximate surface area is 102 Å². The maximum absolute atomic E-state index is 9.64. The molecule has 1 aromatic carbocycles. The molecule has 0 amide bonds. The maximum Gasteiger partial charge on any atom is 0.118 e. The van der Waals surface area contributed by atoms with Crippen molar-refractivity contribution >= 4 is 5.69 Å². The molecule has 0 bridgehead atoms. The van der Waals surface area contributed by atoms with Crippen molar-refractivity contribution in [1.82, 2.24) is 0 Å². The second kappa shape index (κ2) is 3.80. The van der Waals surface area contributed by atoms with E-state index in [-0.39, 0.29) is 0 Å². The zero-order valence-corrected chi connectivity index (χ0v) is 10.4. The van der Waals surface area contributed by atoms with Crippen molar-refractivity contribution in [2.45, 2.75) is 32.7 Å². The van der Waals surface area contributed by atoms with Gasteiger partial charge in [-0.3, -0.25) is 0 Å². The van der Waals surface area contributed by atoms with Crippen molar-refractivity contribution in [3.8, 4) is 5.75 Å². The predicted octanol–water partition coefficient (Wildman–Crippen LogP) is 3.39. The minimum Gasteiger partial charge on any atom is -0.508 e. The number of fused-ring (bicyclic) bond motifs is 1. The molecule has 2 heteroatoms.